The van der Waals surface area contributed by atoms with Gasteiger partial charge in [-0.2, -0.15) is 0 Å². The summed E-state index contributed by atoms with van der Waals surface area (Å²) < 4.78 is 13.8. The monoisotopic (exact) mass is 854 g/mol. The van der Waals surface area contributed by atoms with Crippen molar-refractivity contribution in [1.82, 2.24) is 0 Å². The van der Waals surface area contributed by atoms with E-state index in [-0.39, 0.29) is 0 Å². The van der Waals surface area contributed by atoms with E-state index in [9.17, 15) is 0 Å². The fourth-order valence-corrected chi connectivity index (χ4v) is 12.5. The van der Waals surface area contributed by atoms with Gasteiger partial charge in [0.2, 0.25) is 0 Å². The highest BCUT2D eigenvalue weighted by Gasteiger charge is 2.31. The molecule has 320 valence electrons. The smallest absolute Gasteiger partial charge is 0.159 e. The first-order valence-corrected chi connectivity index (χ1v) is 24.4. The van der Waals surface area contributed by atoms with Gasteiger partial charge in [-0.15, -0.1) is 0 Å². The number of furan rings is 2. The maximum absolute atomic E-state index is 6.94. The summed E-state index contributed by atoms with van der Waals surface area (Å²) >= 11 is 0. The molecule has 0 unspecified atom stereocenters. The Kier molecular flexibility index (Phi) is 8.72. The Labute approximate surface area is 384 Å². The van der Waals surface area contributed by atoms with Crippen LogP contribution in [0.25, 0.3) is 71.3 Å². The largest absolute Gasteiger partial charge is 0.458 e. The normalized spacial score (nSPS) is 15.7. The maximum Gasteiger partial charge on any atom is 0.159 e. The zero-order valence-electron chi connectivity index (χ0n) is 37.1. The van der Waals surface area contributed by atoms with Crippen LogP contribution < -0.4 is 9.80 Å². The van der Waals surface area contributed by atoms with E-state index >= 15 is 0 Å². The second kappa shape index (κ2) is 15.1. The Balaban J connectivity index is 1.11. The molecule has 2 heterocycles. The number of anilines is 6. The van der Waals surface area contributed by atoms with Crippen LogP contribution in [-0.4, -0.2) is 0 Å². The van der Waals surface area contributed by atoms with Crippen LogP contribution in [0, 0.1) is 0 Å². The predicted molar refractivity (Wildman–Crippen MR) is 276 cm³/mol. The minimum Gasteiger partial charge on any atom is -0.458 e. The second-order valence-electron chi connectivity index (χ2n) is 19.1. The number of para-hydroxylation sites is 5. The zero-order chi connectivity index (χ0) is 43.3. The molecule has 2 saturated carbocycles. The molecule has 0 radical (unpaired) electrons. The van der Waals surface area contributed by atoms with Gasteiger partial charge in [0, 0.05) is 50.3 Å². The number of aryl methyl sites for hydroxylation is 1. The van der Waals surface area contributed by atoms with Crippen LogP contribution in [0.2, 0.25) is 0 Å². The lowest BCUT2D eigenvalue weighted by atomic mass is 9.82. The summed E-state index contributed by atoms with van der Waals surface area (Å²) in [6.45, 7) is 0. The zero-order valence-corrected chi connectivity index (χ0v) is 37.1. The van der Waals surface area contributed by atoms with Crippen molar-refractivity contribution in [2.24, 2.45) is 0 Å². The minimum absolute atomic E-state index is 0.485. The molecule has 4 nitrogen and oxygen atoms in total. The second-order valence-corrected chi connectivity index (χ2v) is 19.1. The Morgan fingerprint density at radius 2 is 0.909 bits per heavy atom. The molecule has 9 aromatic carbocycles. The van der Waals surface area contributed by atoms with Gasteiger partial charge in [0.25, 0.3) is 0 Å². The Bertz CT molecular complexity index is 3680. The van der Waals surface area contributed by atoms with Gasteiger partial charge in [-0.05, 0) is 131 Å². The molecule has 11 aromatic rings. The van der Waals surface area contributed by atoms with Crippen molar-refractivity contribution in [2.45, 2.75) is 76.0 Å². The highest BCUT2D eigenvalue weighted by Crippen LogP contribution is 2.55. The number of hydrogen-bond acceptors (Lipinski definition) is 4. The van der Waals surface area contributed by atoms with Crippen molar-refractivity contribution in [3.05, 3.63) is 186 Å². The summed E-state index contributed by atoms with van der Waals surface area (Å²) in [6, 6.07) is 58.8. The van der Waals surface area contributed by atoms with Gasteiger partial charge in [-0.25, -0.2) is 0 Å². The molecule has 2 aromatic heterocycles. The van der Waals surface area contributed by atoms with Crippen LogP contribution in [0.5, 0.6) is 0 Å². The number of nitrogens with zero attached hydrogens (tertiary/aromatic N) is 2. The lowest BCUT2D eigenvalue weighted by Gasteiger charge is -2.32. The Hall–Kier alpha value is -7.30. The van der Waals surface area contributed by atoms with Gasteiger partial charge in [0.05, 0.1) is 22.7 Å². The molecule has 0 amide bonds. The quantitative estimate of drug-likeness (QED) is 0.143. The molecule has 0 N–H and O–H groups in total. The Morgan fingerprint density at radius 1 is 0.409 bits per heavy atom. The van der Waals surface area contributed by atoms with Gasteiger partial charge in [0.15, 0.2) is 11.2 Å². The van der Waals surface area contributed by atoms with E-state index in [1.54, 1.807) is 0 Å². The number of hydrogen-bond donors (Lipinski definition) is 0. The third-order valence-electron chi connectivity index (χ3n) is 15.5. The summed E-state index contributed by atoms with van der Waals surface area (Å²) in [5.41, 5.74) is 13.7. The number of fused-ring (bicyclic) bond motifs is 6. The van der Waals surface area contributed by atoms with E-state index in [0.717, 1.165) is 68.9 Å². The highest BCUT2D eigenvalue weighted by atomic mass is 16.3. The topological polar surface area (TPSA) is 32.8 Å². The van der Waals surface area contributed by atoms with E-state index in [0.29, 0.717) is 11.8 Å². The average Bonchev–Trinajstić information content (AvgIpc) is 4.23. The van der Waals surface area contributed by atoms with Crippen LogP contribution in [0.15, 0.2) is 173 Å². The molecule has 0 spiro atoms. The van der Waals surface area contributed by atoms with E-state index in [2.05, 4.69) is 180 Å². The molecule has 4 heteroatoms. The molecule has 0 aliphatic heterocycles. The van der Waals surface area contributed by atoms with E-state index < -0.39 is 0 Å². The van der Waals surface area contributed by atoms with Crippen molar-refractivity contribution in [1.29, 1.82) is 0 Å². The van der Waals surface area contributed by atoms with Crippen molar-refractivity contribution in [3.63, 3.8) is 0 Å². The van der Waals surface area contributed by atoms with Crippen LogP contribution in [0.3, 0.4) is 0 Å². The van der Waals surface area contributed by atoms with Gasteiger partial charge in [-0.3, -0.25) is 0 Å². The van der Waals surface area contributed by atoms with Crippen molar-refractivity contribution < 1.29 is 8.83 Å². The number of allylic oxidation sites excluding steroid dienone is 1. The first kappa shape index (κ1) is 38.0. The van der Waals surface area contributed by atoms with Gasteiger partial charge >= 0.3 is 0 Å². The first-order chi connectivity index (χ1) is 32.8. The van der Waals surface area contributed by atoms with E-state index in [4.69, 9.17) is 8.83 Å². The number of rotatable bonds is 8. The molecule has 0 bridgehead atoms. The van der Waals surface area contributed by atoms with Crippen LogP contribution in [0.1, 0.15) is 92.1 Å². The lowest BCUT2D eigenvalue weighted by molar-refractivity contribution is 0.546. The van der Waals surface area contributed by atoms with E-state index in [1.165, 1.54) is 117 Å². The standard InChI is InChI=1S/C62H50N2O2/c1-3-21-41(22-4-1)63(53-29-15-27-47-43-25-11-13-31-57(43)65-61(47)53)55-37-51(39-17-7-8-18-39)45-34-36-50-56(38-52(40-19-9-10-20-40)46-33-35-49(55)59(45)60(46)50)64(42-23-5-2-6-24-42)54-30-16-28-48-44-26-12-14-32-58(44)66-62(48)54/h1-6,11-13,15-16,21-31,33-40H,7-10,14,17-20,32H2. The SMILES string of the molecule is C1=Cc2c(oc3c(N(c4ccccc4)c4cc(C5CCCC5)c5ccc6c(N(c7ccccc7)c7cccc8c7oc7ccccc78)cc(C7CCCC7)c7ccc4c5c76)cccc23)CC1. The third kappa shape index (κ3) is 5.76. The number of benzene rings is 9. The molecule has 0 atom stereocenters. The lowest BCUT2D eigenvalue weighted by Crippen LogP contribution is -2.13. The molecule has 2 fully saturated rings. The highest BCUT2D eigenvalue weighted by molar-refractivity contribution is 6.30. The summed E-state index contributed by atoms with van der Waals surface area (Å²) in [5.74, 6) is 2.06. The maximum atomic E-state index is 6.94. The fraction of sp³-hybridized carbons (Fsp3) is 0.194. The summed E-state index contributed by atoms with van der Waals surface area (Å²) in [7, 11) is 0. The summed E-state index contributed by atoms with van der Waals surface area (Å²) in [6.07, 6.45) is 16.4. The van der Waals surface area contributed by atoms with Crippen molar-refractivity contribution in [2.75, 3.05) is 9.80 Å². The van der Waals surface area contributed by atoms with Gasteiger partial charge in [-0.1, -0.05) is 141 Å². The molecule has 0 saturated heterocycles. The first-order valence-electron chi connectivity index (χ1n) is 24.4. The van der Waals surface area contributed by atoms with E-state index in [1.807, 2.05) is 0 Å². The van der Waals surface area contributed by atoms with Gasteiger partial charge in [0.1, 0.15) is 11.3 Å². The van der Waals surface area contributed by atoms with Crippen LogP contribution >= 0.6 is 0 Å². The van der Waals surface area contributed by atoms with Crippen LogP contribution in [-0.2, 0) is 6.42 Å². The minimum atomic E-state index is 0.485. The average molecular weight is 855 g/mol. The molecule has 3 aliphatic rings. The van der Waals surface area contributed by atoms with Crippen molar-refractivity contribution in [3.8, 4) is 0 Å². The molecular weight excluding hydrogens is 805 g/mol. The predicted octanol–water partition coefficient (Wildman–Crippen LogP) is 18.4. The van der Waals surface area contributed by atoms with Gasteiger partial charge < -0.3 is 18.6 Å². The van der Waals surface area contributed by atoms with Crippen LogP contribution in [0.4, 0.5) is 34.1 Å². The molecular formula is C62H50N2O2. The Morgan fingerprint density at radius 3 is 1.50 bits per heavy atom. The molecule has 3 aliphatic carbocycles. The molecule has 66 heavy (non-hydrogen) atoms. The summed E-state index contributed by atoms with van der Waals surface area (Å²) in [5, 5.41) is 11.5. The van der Waals surface area contributed by atoms with Crippen molar-refractivity contribution >= 4 is 105 Å². The fourth-order valence-electron chi connectivity index (χ4n) is 12.5. The third-order valence-corrected chi connectivity index (χ3v) is 15.5. The molecule has 14 rings (SSSR count). The summed E-state index contributed by atoms with van der Waals surface area (Å²) in [4.78, 5) is 5.01.